The molecule has 0 rings (SSSR count). The summed E-state index contributed by atoms with van der Waals surface area (Å²) < 4.78 is 0. The van der Waals surface area contributed by atoms with E-state index in [0.29, 0.717) is 25.8 Å². The second-order valence-electron chi connectivity index (χ2n) is 2.13. The van der Waals surface area contributed by atoms with E-state index < -0.39 is 0 Å². The molecule has 1 N–H and O–H groups in total. The topological polar surface area (TPSA) is 46.2 Å². The van der Waals surface area contributed by atoms with Crippen molar-refractivity contribution >= 4 is 12.2 Å². The molecule has 3 nitrogen and oxygen atoms in total. The summed E-state index contributed by atoms with van der Waals surface area (Å²) in [6.07, 6.45) is 4.02. The normalized spacial score (nSPS) is 8.73. The summed E-state index contributed by atoms with van der Waals surface area (Å²) in [7, 11) is 0. The minimum atomic E-state index is -0.0215. The quantitative estimate of drug-likeness (QED) is 0.348. The highest BCUT2D eigenvalue weighted by molar-refractivity contribution is 5.76. The maximum absolute atomic E-state index is 10.8. The van der Waals surface area contributed by atoms with Gasteiger partial charge in [-0.2, -0.15) is 0 Å². The number of hydrogen-bond acceptors (Lipinski definition) is 2. The number of hydrogen-bond donors (Lipinski definition) is 1. The summed E-state index contributed by atoms with van der Waals surface area (Å²) in [6.45, 7) is 3.94. The molecule has 0 aromatic heterocycles. The first kappa shape index (κ1) is 9.88. The number of nitrogens with one attached hydrogen (secondary N) is 1. The number of carbonyl (C=O) groups is 2. The number of carbonyl (C=O) groups excluding carboxylic acids is 2. The van der Waals surface area contributed by atoms with E-state index in [-0.39, 0.29) is 5.91 Å². The maximum atomic E-state index is 10.8. The van der Waals surface area contributed by atoms with Crippen LogP contribution in [0.3, 0.4) is 0 Å². The standard InChI is InChI=1S/C8H13NO2/c1-2-3-5-8(11)9-6-4-7-10/h2,7H,1,3-6H2,(H,9,11). The highest BCUT2D eigenvalue weighted by Crippen LogP contribution is 1.87. The summed E-state index contributed by atoms with van der Waals surface area (Å²) >= 11 is 0. The van der Waals surface area contributed by atoms with Crippen LogP contribution in [-0.2, 0) is 9.59 Å². The van der Waals surface area contributed by atoms with Crippen LogP contribution >= 0.6 is 0 Å². The Labute approximate surface area is 66.5 Å². The SMILES string of the molecule is C=CCCC(=O)NCCC=O. The first-order valence-corrected chi connectivity index (χ1v) is 3.62. The monoisotopic (exact) mass is 155 g/mol. The van der Waals surface area contributed by atoms with E-state index in [0.717, 1.165) is 6.29 Å². The van der Waals surface area contributed by atoms with Crippen LogP contribution in [0, 0.1) is 0 Å². The van der Waals surface area contributed by atoms with Crippen LogP contribution in [-0.4, -0.2) is 18.7 Å². The molecule has 0 aromatic rings. The molecule has 0 bridgehead atoms. The third kappa shape index (κ3) is 6.77. The molecule has 11 heavy (non-hydrogen) atoms. The van der Waals surface area contributed by atoms with Crippen molar-refractivity contribution in [3.63, 3.8) is 0 Å². The van der Waals surface area contributed by atoms with E-state index in [1.165, 1.54) is 0 Å². The van der Waals surface area contributed by atoms with Crippen LogP contribution in [0.4, 0.5) is 0 Å². The van der Waals surface area contributed by atoms with Gasteiger partial charge in [-0.05, 0) is 6.42 Å². The van der Waals surface area contributed by atoms with Gasteiger partial charge in [0.05, 0.1) is 0 Å². The van der Waals surface area contributed by atoms with Gasteiger partial charge in [0, 0.05) is 19.4 Å². The molecule has 0 heterocycles. The van der Waals surface area contributed by atoms with Gasteiger partial charge in [-0.3, -0.25) is 4.79 Å². The molecule has 0 aromatic carbocycles. The molecule has 62 valence electrons. The Morgan fingerprint density at radius 1 is 1.45 bits per heavy atom. The van der Waals surface area contributed by atoms with Gasteiger partial charge in [-0.15, -0.1) is 6.58 Å². The first-order chi connectivity index (χ1) is 5.31. The van der Waals surface area contributed by atoms with Crippen molar-refractivity contribution in [1.82, 2.24) is 5.32 Å². The van der Waals surface area contributed by atoms with Crippen LogP contribution in [0.25, 0.3) is 0 Å². The van der Waals surface area contributed by atoms with Crippen molar-refractivity contribution in [3.05, 3.63) is 12.7 Å². The molecule has 0 atom stereocenters. The molecule has 0 unspecified atom stereocenters. The summed E-state index contributed by atoms with van der Waals surface area (Å²) in [5.41, 5.74) is 0. The molecule has 1 amide bonds. The van der Waals surface area contributed by atoms with Gasteiger partial charge in [0.2, 0.25) is 5.91 Å². The largest absolute Gasteiger partial charge is 0.356 e. The van der Waals surface area contributed by atoms with E-state index in [1.54, 1.807) is 6.08 Å². The summed E-state index contributed by atoms with van der Waals surface area (Å²) in [5.74, 6) is -0.0215. The Bertz CT molecular complexity index is 143. The fraction of sp³-hybridized carbons (Fsp3) is 0.500. The van der Waals surface area contributed by atoms with Gasteiger partial charge in [-0.25, -0.2) is 0 Å². The zero-order chi connectivity index (χ0) is 8.53. The van der Waals surface area contributed by atoms with Crippen LogP contribution in [0.2, 0.25) is 0 Å². The van der Waals surface area contributed by atoms with Gasteiger partial charge < -0.3 is 10.1 Å². The van der Waals surface area contributed by atoms with E-state index in [9.17, 15) is 9.59 Å². The molecule has 0 aliphatic rings. The number of allylic oxidation sites excluding steroid dienone is 1. The lowest BCUT2D eigenvalue weighted by atomic mass is 10.3. The number of amides is 1. The Balaban J connectivity index is 3.21. The van der Waals surface area contributed by atoms with Crippen molar-refractivity contribution < 1.29 is 9.59 Å². The van der Waals surface area contributed by atoms with Gasteiger partial charge in [-0.1, -0.05) is 6.08 Å². The Morgan fingerprint density at radius 3 is 2.73 bits per heavy atom. The molecule has 0 aliphatic heterocycles. The molecule has 0 fully saturated rings. The highest BCUT2D eigenvalue weighted by atomic mass is 16.1. The molecule has 0 radical (unpaired) electrons. The van der Waals surface area contributed by atoms with Crippen molar-refractivity contribution in [1.29, 1.82) is 0 Å². The lowest BCUT2D eigenvalue weighted by Gasteiger charge is -1.99. The maximum Gasteiger partial charge on any atom is 0.220 e. The fourth-order valence-electron chi connectivity index (χ4n) is 0.592. The first-order valence-electron chi connectivity index (χ1n) is 3.62. The lowest BCUT2D eigenvalue weighted by molar-refractivity contribution is -0.121. The van der Waals surface area contributed by atoms with Crippen LogP contribution in [0.15, 0.2) is 12.7 Å². The number of aldehydes is 1. The highest BCUT2D eigenvalue weighted by Gasteiger charge is 1.96. The smallest absolute Gasteiger partial charge is 0.220 e. The average Bonchev–Trinajstić information content (AvgIpc) is 2.01. The zero-order valence-corrected chi connectivity index (χ0v) is 6.51. The van der Waals surface area contributed by atoms with Gasteiger partial charge in [0.15, 0.2) is 0 Å². The van der Waals surface area contributed by atoms with Crippen LogP contribution in [0.1, 0.15) is 19.3 Å². The predicted molar refractivity (Wildman–Crippen MR) is 43.1 cm³/mol. The zero-order valence-electron chi connectivity index (χ0n) is 6.51. The van der Waals surface area contributed by atoms with Crippen molar-refractivity contribution in [2.45, 2.75) is 19.3 Å². The van der Waals surface area contributed by atoms with Crippen molar-refractivity contribution in [3.8, 4) is 0 Å². The molecular weight excluding hydrogens is 142 g/mol. The van der Waals surface area contributed by atoms with E-state index in [1.807, 2.05) is 0 Å². The molecule has 0 saturated carbocycles. The number of rotatable bonds is 6. The molecular formula is C8H13NO2. The molecule has 3 heteroatoms. The van der Waals surface area contributed by atoms with E-state index in [4.69, 9.17) is 0 Å². The van der Waals surface area contributed by atoms with Crippen LogP contribution in [0.5, 0.6) is 0 Å². The van der Waals surface area contributed by atoms with Gasteiger partial charge in [0.1, 0.15) is 6.29 Å². The van der Waals surface area contributed by atoms with Crippen molar-refractivity contribution in [2.75, 3.05) is 6.54 Å². The van der Waals surface area contributed by atoms with Crippen LogP contribution < -0.4 is 5.32 Å². The second-order valence-corrected chi connectivity index (χ2v) is 2.13. The Morgan fingerprint density at radius 2 is 2.18 bits per heavy atom. The minimum absolute atomic E-state index is 0.0215. The van der Waals surface area contributed by atoms with E-state index >= 15 is 0 Å². The van der Waals surface area contributed by atoms with Crippen molar-refractivity contribution in [2.24, 2.45) is 0 Å². The minimum Gasteiger partial charge on any atom is -0.356 e. The average molecular weight is 155 g/mol. The Hall–Kier alpha value is -1.12. The van der Waals surface area contributed by atoms with Gasteiger partial charge >= 0.3 is 0 Å². The Kier molecular flexibility index (Phi) is 6.28. The summed E-state index contributed by atoms with van der Waals surface area (Å²) in [6, 6.07) is 0. The summed E-state index contributed by atoms with van der Waals surface area (Å²) in [4.78, 5) is 20.6. The molecule has 0 spiro atoms. The van der Waals surface area contributed by atoms with E-state index in [2.05, 4.69) is 11.9 Å². The second kappa shape index (κ2) is 6.99. The summed E-state index contributed by atoms with van der Waals surface area (Å²) in [5, 5.41) is 2.60. The predicted octanol–water partition coefficient (Wildman–Crippen LogP) is 0.658. The molecule has 0 aliphatic carbocycles. The third-order valence-electron chi connectivity index (χ3n) is 1.16. The molecule has 0 saturated heterocycles. The fourth-order valence-corrected chi connectivity index (χ4v) is 0.592. The third-order valence-corrected chi connectivity index (χ3v) is 1.16. The van der Waals surface area contributed by atoms with Gasteiger partial charge in [0.25, 0.3) is 0 Å². The lowest BCUT2D eigenvalue weighted by Crippen LogP contribution is -2.23.